The minimum absolute atomic E-state index is 0.191. The molecule has 0 aromatic carbocycles. The maximum atomic E-state index is 8.57. The van der Waals surface area contributed by atoms with Crippen LogP contribution in [0, 0.1) is 11.8 Å². The molecular formula is C16H29NO. The zero-order valence-electron chi connectivity index (χ0n) is 12.0. The number of allylic oxidation sites excluding steroid dienone is 2. The van der Waals surface area contributed by atoms with Crippen LogP contribution in [0.25, 0.3) is 0 Å². The van der Waals surface area contributed by atoms with Crippen LogP contribution in [0.2, 0.25) is 0 Å². The van der Waals surface area contributed by atoms with Crippen molar-refractivity contribution >= 4 is 0 Å². The first-order valence-electron chi connectivity index (χ1n) is 7.55. The second-order valence-electron chi connectivity index (χ2n) is 5.12. The van der Waals surface area contributed by atoms with Crippen LogP contribution in [0.3, 0.4) is 0 Å². The molecule has 2 atom stereocenters. The van der Waals surface area contributed by atoms with E-state index in [4.69, 9.17) is 5.11 Å². The van der Waals surface area contributed by atoms with E-state index in [0.29, 0.717) is 0 Å². The van der Waals surface area contributed by atoms with Gasteiger partial charge in [-0.3, -0.25) is 0 Å². The SMILES string of the molecule is C1C[C@H]2CNC[C@@H]1C2.CC.OCC1=CCCC=C1. The van der Waals surface area contributed by atoms with Crippen molar-refractivity contribution in [2.24, 2.45) is 11.8 Å². The molecule has 1 heterocycles. The smallest absolute Gasteiger partial charge is 0.0678 e. The third-order valence-electron chi connectivity index (χ3n) is 3.77. The maximum absolute atomic E-state index is 8.57. The number of aliphatic hydroxyl groups excluding tert-OH is 1. The van der Waals surface area contributed by atoms with Crippen LogP contribution < -0.4 is 5.32 Å². The van der Waals surface area contributed by atoms with E-state index in [-0.39, 0.29) is 6.61 Å². The lowest BCUT2D eigenvalue weighted by molar-refractivity contribution is 0.334. The molecule has 2 fully saturated rings. The molecule has 0 unspecified atom stereocenters. The van der Waals surface area contributed by atoms with Crippen LogP contribution in [-0.4, -0.2) is 24.8 Å². The van der Waals surface area contributed by atoms with Crippen molar-refractivity contribution in [3.63, 3.8) is 0 Å². The van der Waals surface area contributed by atoms with Crippen molar-refractivity contribution in [2.75, 3.05) is 19.7 Å². The highest BCUT2D eigenvalue weighted by atomic mass is 16.3. The van der Waals surface area contributed by atoms with Gasteiger partial charge < -0.3 is 10.4 Å². The van der Waals surface area contributed by atoms with Gasteiger partial charge in [-0.25, -0.2) is 0 Å². The second-order valence-corrected chi connectivity index (χ2v) is 5.12. The van der Waals surface area contributed by atoms with Crippen molar-refractivity contribution in [1.82, 2.24) is 5.32 Å². The van der Waals surface area contributed by atoms with E-state index in [9.17, 15) is 0 Å². The van der Waals surface area contributed by atoms with Crippen molar-refractivity contribution in [1.29, 1.82) is 0 Å². The molecule has 0 amide bonds. The molecule has 0 spiro atoms. The van der Waals surface area contributed by atoms with Crippen LogP contribution >= 0.6 is 0 Å². The average molecular weight is 251 g/mol. The van der Waals surface area contributed by atoms with Gasteiger partial charge in [-0.15, -0.1) is 0 Å². The summed E-state index contributed by atoms with van der Waals surface area (Å²) in [5.74, 6) is 2.10. The Balaban J connectivity index is 0.000000159. The fourth-order valence-electron chi connectivity index (χ4n) is 2.83. The molecular weight excluding hydrogens is 222 g/mol. The molecule has 3 rings (SSSR count). The second kappa shape index (κ2) is 9.35. The van der Waals surface area contributed by atoms with Gasteiger partial charge in [-0.1, -0.05) is 32.1 Å². The van der Waals surface area contributed by atoms with E-state index >= 15 is 0 Å². The van der Waals surface area contributed by atoms with Gasteiger partial charge >= 0.3 is 0 Å². The summed E-state index contributed by atoms with van der Waals surface area (Å²) in [6.07, 6.45) is 12.9. The standard InChI is InChI=1S/C7H13N.C7H10O.C2H6/c1-2-7-3-6(1)4-8-5-7;8-6-7-4-2-1-3-5-7;1-2/h6-8H,1-5H2;2,4-5,8H,1,3,6H2;1-2H3/t6-,7+;;. The van der Waals surface area contributed by atoms with E-state index < -0.39 is 0 Å². The zero-order valence-corrected chi connectivity index (χ0v) is 12.0. The van der Waals surface area contributed by atoms with Gasteiger partial charge in [0.05, 0.1) is 6.61 Å². The van der Waals surface area contributed by atoms with E-state index in [1.54, 1.807) is 0 Å². The van der Waals surface area contributed by atoms with Crippen LogP contribution in [-0.2, 0) is 0 Å². The fourth-order valence-corrected chi connectivity index (χ4v) is 2.83. The lowest BCUT2D eigenvalue weighted by Crippen LogP contribution is -2.30. The maximum Gasteiger partial charge on any atom is 0.0678 e. The quantitative estimate of drug-likeness (QED) is 0.749. The van der Waals surface area contributed by atoms with Crippen LogP contribution in [0.1, 0.15) is 46.0 Å². The number of aliphatic hydroxyl groups is 1. The van der Waals surface area contributed by atoms with Gasteiger partial charge in [0.1, 0.15) is 0 Å². The largest absolute Gasteiger partial charge is 0.392 e. The molecule has 2 heteroatoms. The van der Waals surface area contributed by atoms with Crippen molar-refractivity contribution in [3.8, 4) is 0 Å². The van der Waals surface area contributed by atoms with Gasteiger partial charge in [0.15, 0.2) is 0 Å². The molecule has 3 aliphatic rings. The Morgan fingerprint density at radius 1 is 1.17 bits per heavy atom. The lowest BCUT2D eigenvalue weighted by atomic mass is 10.0. The number of piperidine rings is 1. The van der Waals surface area contributed by atoms with E-state index in [0.717, 1.165) is 30.3 Å². The van der Waals surface area contributed by atoms with Gasteiger partial charge in [0.2, 0.25) is 0 Å². The van der Waals surface area contributed by atoms with Crippen LogP contribution in [0.4, 0.5) is 0 Å². The Bertz CT molecular complexity index is 256. The minimum atomic E-state index is 0.191. The Morgan fingerprint density at radius 2 is 1.83 bits per heavy atom. The summed E-state index contributed by atoms with van der Waals surface area (Å²) in [4.78, 5) is 0. The predicted molar refractivity (Wildman–Crippen MR) is 78.6 cm³/mol. The van der Waals surface area contributed by atoms with Crippen molar-refractivity contribution in [3.05, 3.63) is 23.8 Å². The molecule has 2 nitrogen and oxygen atoms in total. The van der Waals surface area contributed by atoms with Crippen molar-refractivity contribution < 1.29 is 5.11 Å². The first kappa shape index (κ1) is 15.5. The molecule has 0 aromatic rings. The third-order valence-corrected chi connectivity index (χ3v) is 3.77. The lowest BCUT2D eigenvalue weighted by Gasteiger charge is -2.18. The van der Waals surface area contributed by atoms with Crippen LogP contribution in [0.5, 0.6) is 0 Å². The molecule has 1 saturated heterocycles. The van der Waals surface area contributed by atoms with Gasteiger partial charge in [-0.2, -0.15) is 0 Å². The molecule has 104 valence electrons. The molecule has 2 aliphatic carbocycles. The van der Waals surface area contributed by atoms with Gasteiger partial charge in [0.25, 0.3) is 0 Å². The first-order valence-corrected chi connectivity index (χ1v) is 7.55. The van der Waals surface area contributed by atoms with Gasteiger partial charge in [0, 0.05) is 0 Å². The molecule has 0 aromatic heterocycles. The summed E-state index contributed by atoms with van der Waals surface area (Å²) < 4.78 is 0. The van der Waals surface area contributed by atoms with Crippen molar-refractivity contribution in [2.45, 2.75) is 46.0 Å². The fraction of sp³-hybridized carbons (Fsp3) is 0.750. The molecule has 2 bridgehead atoms. The zero-order chi connectivity index (χ0) is 13.2. The number of nitrogens with one attached hydrogen (secondary N) is 1. The summed E-state index contributed by atoms with van der Waals surface area (Å²) in [5, 5.41) is 12.0. The Morgan fingerprint density at radius 3 is 2.22 bits per heavy atom. The monoisotopic (exact) mass is 251 g/mol. The molecule has 1 saturated carbocycles. The summed E-state index contributed by atoms with van der Waals surface area (Å²) in [6, 6.07) is 0. The molecule has 18 heavy (non-hydrogen) atoms. The normalized spacial score (nSPS) is 28.5. The van der Waals surface area contributed by atoms with E-state index in [2.05, 4.69) is 17.5 Å². The number of rotatable bonds is 1. The first-order chi connectivity index (χ1) is 8.88. The number of hydrogen-bond donors (Lipinski definition) is 2. The third kappa shape index (κ3) is 5.36. The van der Waals surface area contributed by atoms with E-state index in [1.807, 2.05) is 19.9 Å². The molecule has 0 radical (unpaired) electrons. The highest BCUT2D eigenvalue weighted by molar-refractivity contribution is 5.21. The average Bonchev–Trinajstić information content (AvgIpc) is 2.81. The predicted octanol–water partition coefficient (Wildman–Crippen LogP) is 3.29. The van der Waals surface area contributed by atoms with Crippen LogP contribution in [0.15, 0.2) is 23.8 Å². The highest BCUT2D eigenvalue weighted by Gasteiger charge is 2.27. The number of fused-ring (bicyclic) bond motifs is 2. The Kier molecular flexibility index (Phi) is 8.03. The summed E-state index contributed by atoms with van der Waals surface area (Å²) in [5.41, 5.74) is 1.05. The highest BCUT2D eigenvalue weighted by Crippen LogP contribution is 2.32. The number of hydrogen-bond acceptors (Lipinski definition) is 2. The van der Waals surface area contributed by atoms with E-state index in [1.165, 1.54) is 32.4 Å². The molecule has 2 N–H and O–H groups in total. The Hall–Kier alpha value is -0.600. The van der Waals surface area contributed by atoms with Gasteiger partial charge in [-0.05, 0) is 62.6 Å². The minimum Gasteiger partial charge on any atom is -0.392 e. The summed E-state index contributed by atoms with van der Waals surface area (Å²) in [6.45, 7) is 6.80. The molecule has 1 aliphatic heterocycles. The summed E-state index contributed by atoms with van der Waals surface area (Å²) in [7, 11) is 0. The summed E-state index contributed by atoms with van der Waals surface area (Å²) >= 11 is 0. The Labute approximate surface area is 112 Å². The topological polar surface area (TPSA) is 32.3 Å².